The first-order valence-corrected chi connectivity index (χ1v) is 8.46. The lowest BCUT2D eigenvalue weighted by Crippen LogP contribution is -2.55. The third kappa shape index (κ3) is 2.51. The molecule has 1 saturated heterocycles. The second kappa shape index (κ2) is 5.50. The van der Waals surface area contributed by atoms with E-state index < -0.39 is 0 Å². The Kier molecular flexibility index (Phi) is 3.53. The number of piperidine rings is 1. The Morgan fingerprint density at radius 2 is 1.80 bits per heavy atom. The van der Waals surface area contributed by atoms with Crippen molar-refractivity contribution in [3.05, 3.63) is 35.9 Å². The van der Waals surface area contributed by atoms with Crippen molar-refractivity contribution < 1.29 is 0 Å². The molecule has 0 spiro atoms. The second-order valence-corrected chi connectivity index (χ2v) is 6.93. The van der Waals surface area contributed by atoms with Gasteiger partial charge in [0, 0.05) is 24.0 Å². The van der Waals surface area contributed by atoms with Crippen LogP contribution in [0.3, 0.4) is 0 Å². The summed E-state index contributed by atoms with van der Waals surface area (Å²) in [6.45, 7) is 1.21. The van der Waals surface area contributed by atoms with Gasteiger partial charge in [-0.15, -0.1) is 0 Å². The van der Waals surface area contributed by atoms with Crippen LogP contribution in [0.15, 0.2) is 30.3 Å². The SMILES string of the molecule is c1ccc([C@H]2C[C@@H]2NC2CCNC3CCCC[C@H]32)cc1. The summed E-state index contributed by atoms with van der Waals surface area (Å²) in [6.07, 6.45) is 8.35. The highest BCUT2D eigenvalue weighted by Crippen LogP contribution is 2.42. The van der Waals surface area contributed by atoms with E-state index in [2.05, 4.69) is 41.0 Å². The summed E-state index contributed by atoms with van der Waals surface area (Å²) in [4.78, 5) is 0. The minimum Gasteiger partial charge on any atom is -0.314 e. The molecule has 1 heterocycles. The summed E-state index contributed by atoms with van der Waals surface area (Å²) in [5, 5.41) is 7.75. The van der Waals surface area contributed by atoms with Crippen LogP contribution in [0.2, 0.25) is 0 Å². The summed E-state index contributed by atoms with van der Waals surface area (Å²) in [7, 11) is 0. The molecule has 2 aliphatic carbocycles. The van der Waals surface area contributed by atoms with Gasteiger partial charge in [-0.3, -0.25) is 0 Å². The van der Waals surface area contributed by atoms with Crippen molar-refractivity contribution in [2.45, 2.75) is 62.6 Å². The predicted octanol–water partition coefficient (Wildman–Crippen LogP) is 3.05. The molecular formula is C18H26N2. The predicted molar refractivity (Wildman–Crippen MR) is 82.9 cm³/mol. The highest BCUT2D eigenvalue weighted by Gasteiger charge is 2.42. The van der Waals surface area contributed by atoms with Gasteiger partial charge in [0.05, 0.1) is 0 Å². The lowest BCUT2D eigenvalue weighted by Gasteiger charge is -2.42. The quantitative estimate of drug-likeness (QED) is 0.882. The zero-order chi connectivity index (χ0) is 13.4. The van der Waals surface area contributed by atoms with E-state index in [0.717, 1.165) is 30.0 Å². The number of nitrogens with one attached hydrogen (secondary N) is 2. The van der Waals surface area contributed by atoms with Crippen LogP contribution < -0.4 is 10.6 Å². The van der Waals surface area contributed by atoms with Crippen molar-refractivity contribution in [3.63, 3.8) is 0 Å². The molecule has 2 nitrogen and oxygen atoms in total. The molecule has 0 radical (unpaired) electrons. The van der Waals surface area contributed by atoms with Gasteiger partial charge in [-0.05, 0) is 43.7 Å². The van der Waals surface area contributed by atoms with Crippen molar-refractivity contribution in [1.82, 2.24) is 10.6 Å². The average Bonchev–Trinajstić information content (AvgIpc) is 3.28. The van der Waals surface area contributed by atoms with Crippen LogP contribution in [-0.4, -0.2) is 24.7 Å². The molecule has 4 rings (SSSR count). The number of hydrogen-bond acceptors (Lipinski definition) is 2. The topological polar surface area (TPSA) is 24.1 Å². The molecule has 3 aliphatic rings. The summed E-state index contributed by atoms with van der Waals surface area (Å²) in [5.74, 6) is 1.66. The zero-order valence-corrected chi connectivity index (χ0v) is 12.2. The van der Waals surface area contributed by atoms with Gasteiger partial charge in [-0.2, -0.15) is 0 Å². The summed E-state index contributed by atoms with van der Waals surface area (Å²) in [6, 6.07) is 13.3. The Morgan fingerprint density at radius 3 is 2.70 bits per heavy atom. The van der Waals surface area contributed by atoms with Crippen molar-refractivity contribution in [3.8, 4) is 0 Å². The van der Waals surface area contributed by atoms with Crippen LogP contribution >= 0.6 is 0 Å². The van der Waals surface area contributed by atoms with Gasteiger partial charge in [0.25, 0.3) is 0 Å². The van der Waals surface area contributed by atoms with Crippen LogP contribution in [0.25, 0.3) is 0 Å². The molecule has 5 atom stereocenters. The standard InChI is InChI=1S/C18H26N2/c1-2-6-13(7-3-1)15-12-18(15)20-17-10-11-19-16-9-5-4-8-14(16)17/h1-3,6-7,14-20H,4-5,8-12H2/t14-,15-,16?,17?,18+/m1/s1. The fourth-order valence-corrected chi connectivity index (χ4v) is 4.46. The molecule has 0 aromatic heterocycles. The maximum atomic E-state index is 4.00. The number of fused-ring (bicyclic) bond motifs is 1. The maximum absolute atomic E-state index is 4.00. The Morgan fingerprint density at radius 1 is 0.950 bits per heavy atom. The highest BCUT2D eigenvalue weighted by molar-refractivity contribution is 5.27. The van der Waals surface area contributed by atoms with Crippen molar-refractivity contribution in [2.75, 3.05) is 6.54 Å². The number of benzene rings is 1. The number of rotatable bonds is 3. The summed E-state index contributed by atoms with van der Waals surface area (Å²) >= 11 is 0. The Hall–Kier alpha value is -0.860. The first kappa shape index (κ1) is 12.8. The van der Waals surface area contributed by atoms with Gasteiger partial charge in [0.1, 0.15) is 0 Å². The molecule has 2 N–H and O–H groups in total. The van der Waals surface area contributed by atoms with Crippen LogP contribution in [0.5, 0.6) is 0 Å². The van der Waals surface area contributed by atoms with E-state index in [-0.39, 0.29) is 0 Å². The Labute approximate surface area is 122 Å². The van der Waals surface area contributed by atoms with Gasteiger partial charge >= 0.3 is 0 Å². The maximum Gasteiger partial charge on any atom is 0.0145 e. The Balaban J connectivity index is 1.38. The van der Waals surface area contributed by atoms with E-state index >= 15 is 0 Å². The van der Waals surface area contributed by atoms with E-state index in [4.69, 9.17) is 0 Å². The van der Waals surface area contributed by atoms with Crippen LogP contribution in [-0.2, 0) is 0 Å². The lowest BCUT2D eigenvalue weighted by atomic mass is 9.76. The van der Waals surface area contributed by atoms with Crippen molar-refractivity contribution in [1.29, 1.82) is 0 Å². The fourth-order valence-electron chi connectivity index (χ4n) is 4.46. The molecule has 108 valence electrons. The third-order valence-corrected chi connectivity index (χ3v) is 5.64. The van der Waals surface area contributed by atoms with Gasteiger partial charge in [-0.25, -0.2) is 0 Å². The number of hydrogen-bond donors (Lipinski definition) is 2. The van der Waals surface area contributed by atoms with Crippen LogP contribution in [0.4, 0.5) is 0 Å². The molecule has 2 unspecified atom stereocenters. The van der Waals surface area contributed by atoms with Gasteiger partial charge < -0.3 is 10.6 Å². The lowest BCUT2D eigenvalue weighted by molar-refractivity contribution is 0.160. The molecule has 2 saturated carbocycles. The van der Waals surface area contributed by atoms with E-state index in [1.807, 2.05) is 0 Å². The Bertz CT molecular complexity index is 442. The average molecular weight is 270 g/mol. The minimum absolute atomic E-state index is 0.739. The largest absolute Gasteiger partial charge is 0.314 e. The molecule has 3 fully saturated rings. The molecule has 20 heavy (non-hydrogen) atoms. The normalized spacial score (nSPS) is 40.1. The third-order valence-electron chi connectivity index (χ3n) is 5.64. The molecular weight excluding hydrogens is 244 g/mol. The van der Waals surface area contributed by atoms with Gasteiger partial charge in [0.15, 0.2) is 0 Å². The first-order valence-electron chi connectivity index (χ1n) is 8.46. The highest BCUT2D eigenvalue weighted by atomic mass is 15.1. The molecule has 1 aliphatic heterocycles. The van der Waals surface area contributed by atoms with Crippen LogP contribution in [0, 0.1) is 5.92 Å². The minimum atomic E-state index is 0.739. The first-order chi connectivity index (χ1) is 9.92. The second-order valence-electron chi connectivity index (χ2n) is 6.93. The molecule has 2 heteroatoms. The van der Waals surface area contributed by atoms with E-state index in [1.165, 1.54) is 50.6 Å². The van der Waals surface area contributed by atoms with Crippen molar-refractivity contribution in [2.24, 2.45) is 5.92 Å². The van der Waals surface area contributed by atoms with Crippen molar-refractivity contribution >= 4 is 0 Å². The zero-order valence-electron chi connectivity index (χ0n) is 12.2. The molecule has 1 aromatic rings. The van der Waals surface area contributed by atoms with Gasteiger partial charge in [-0.1, -0.05) is 43.2 Å². The monoisotopic (exact) mass is 270 g/mol. The van der Waals surface area contributed by atoms with E-state index in [9.17, 15) is 0 Å². The summed E-state index contributed by atoms with van der Waals surface area (Å²) < 4.78 is 0. The molecule has 1 aromatic carbocycles. The summed E-state index contributed by atoms with van der Waals surface area (Å²) in [5.41, 5.74) is 1.53. The van der Waals surface area contributed by atoms with E-state index in [0.29, 0.717) is 0 Å². The van der Waals surface area contributed by atoms with Gasteiger partial charge in [0.2, 0.25) is 0 Å². The van der Waals surface area contributed by atoms with E-state index in [1.54, 1.807) is 0 Å². The van der Waals surface area contributed by atoms with Crippen LogP contribution in [0.1, 0.15) is 50.0 Å². The smallest absolute Gasteiger partial charge is 0.0145 e. The molecule has 0 amide bonds. The molecule has 0 bridgehead atoms. The fraction of sp³-hybridized carbons (Fsp3) is 0.667.